The molecule has 0 radical (unpaired) electrons. The number of nitrogens with zero attached hydrogens (tertiary/aromatic N) is 3. The Morgan fingerprint density at radius 1 is 1.06 bits per heavy atom. The predicted molar refractivity (Wildman–Crippen MR) is 141 cm³/mol. The minimum atomic E-state index is -0.801. The highest BCUT2D eigenvalue weighted by Crippen LogP contribution is 2.35. The Morgan fingerprint density at radius 2 is 1.71 bits per heavy atom. The summed E-state index contributed by atoms with van der Waals surface area (Å²) in [6.07, 6.45) is 0.295. The molecule has 1 atom stereocenters. The monoisotopic (exact) mass is 491 g/mol. The first-order valence-electron chi connectivity index (χ1n) is 11.9. The largest absolute Gasteiger partial charge is 0.325 e. The van der Waals surface area contributed by atoms with E-state index in [4.69, 9.17) is 4.98 Å². The number of thiazole rings is 1. The van der Waals surface area contributed by atoms with Crippen molar-refractivity contribution in [3.05, 3.63) is 48.0 Å². The fourth-order valence-electron chi connectivity index (χ4n) is 4.55. The first-order valence-corrected chi connectivity index (χ1v) is 12.7. The Balaban J connectivity index is 1.60. The van der Waals surface area contributed by atoms with Crippen molar-refractivity contribution < 1.29 is 14.4 Å². The molecule has 0 aliphatic carbocycles. The normalized spacial score (nSPS) is 16.9. The molecule has 1 aliphatic heterocycles. The molecule has 1 unspecified atom stereocenters. The molecular weight excluding hydrogens is 458 g/mol. The van der Waals surface area contributed by atoms with Crippen LogP contribution in [0.5, 0.6) is 0 Å². The molecule has 2 heterocycles. The van der Waals surface area contributed by atoms with E-state index in [1.807, 2.05) is 65.8 Å². The molecule has 3 aromatic rings. The second-order valence-electron chi connectivity index (χ2n) is 11.5. The predicted octanol–water partition coefficient (Wildman–Crippen LogP) is 5.97. The smallest absolute Gasteiger partial charge is 0.257 e. The molecular formula is C28H33N3O3S. The molecule has 35 heavy (non-hydrogen) atoms. The molecule has 0 saturated carbocycles. The summed E-state index contributed by atoms with van der Waals surface area (Å²) in [5.74, 6) is -0.754. The second kappa shape index (κ2) is 8.86. The highest BCUT2D eigenvalue weighted by atomic mass is 32.1. The highest BCUT2D eigenvalue weighted by molar-refractivity contribution is 7.21. The maximum atomic E-state index is 13.5. The third kappa shape index (κ3) is 5.15. The molecule has 1 saturated heterocycles. The fourth-order valence-corrected chi connectivity index (χ4v) is 5.62. The fraction of sp³-hybridized carbons (Fsp3) is 0.429. The van der Waals surface area contributed by atoms with Crippen molar-refractivity contribution in [2.24, 2.45) is 5.41 Å². The Kier molecular flexibility index (Phi) is 6.34. The Bertz CT molecular complexity index is 1300. The number of imide groups is 1. The van der Waals surface area contributed by atoms with E-state index in [2.05, 4.69) is 13.0 Å². The lowest BCUT2D eigenvalue weighted by Crippen LogP contribution is -2.55. The van der Waals surface area contributed by atoms with Crippen LogP contribution in [-0.4, -0.2) is 39.2 Å². The van der Waals surface area contributed by atoms with Crippen molar-refractivity contribution >= 4 is 45.0 Å². The Labute approximate surface area is 211 Å². The average molecular weight is 492 g/mol. The van der Waals surface area contributed by atoms with Gasteiger partial charge < -0.3 is 4.90 Å². The van der Waals surface area contributed by atoms with Crippen molar-refractivity contribution in [3.63, 3.8) is 0 Å². The zero-order chi connectivity index (χ0) is 25.7. The second-order valence-corrected chi connectivity index (χ2v) is 12.5. The topological polar surface area (TPSA) is 70.6 Å². The first kappa shape index (κ1) is 25.0. The van der Waals surface area contributed by atoms with E-state index in [0.717, 1.165) is 20.8 Å². The van der Waals surface area contributed by atoms with Gasteiger partial charge in [-0.25, -0.2) is 9.88 Å². The van der Waals surface area contributed by atoms with Gasteiger partial charge in [0.05, 0.1) is 22.3 Å². The van der Waals surface area contributed by atoms with E-state index in [1.54, 1.807) is 28.4 Å². The molecule has 1 aromatic heterocycles. The van der Waals surface area contributed by atoms with Crippen LogP contribution in [0.15, 0.2) is 42.5 Å². The molecule has 1 fully saturated rings. The van der Waals surface area contributed by atoms with Crippen LogP contribution in [0.3, 0.4) is 0 Å². The summed E-state index contributed by atoms with van der Waals surface area (Å²) in [7, 11) is 0. The lowest BCUT2D eigenvalue weighted by molar-refractivity contribution is -0.145. The van der Waals surface area contributed by atoms with E-state index in [-0.39, 0.29) is 29.6 Å². The Hall–Kier alpha value is -3.06. The molecule has 0 spiro atoms. The van der Waals surface area contributed by atoms with Crippen LogP contribution in [0.1, 0.15) is 59.9 Å². The van der Waals surface area contributed by atoms with Crippen LogP contribution in [0.25, 0.3) is 20.8 Å². The number of fused-ring (bicyclic) bond motifs is 1. The van der Waals surface area contributed by atoms with Gasteiger partial charge in [0.25, 0.3) is 5.91 Å². The number of aromatic nitrogens is 1. The van der Waals surface area contributed by atoms with Crippen molar-refractivity contribution in [1.82, 2.24) is 9.88 Å². The minimum Gasteiger partial charge on any atom is -0.325 e. The summed E-state index contributed by atoms with van der Waals surface area (Å²) in [6.45, 7) is 13.8. The molecule has 7 heteroatoms. The van der Waals surface area contributed by atoms with Gasteiger partial charge in [0, 0.05) is 17.5 Å². The number of hydrogen-bond acceptors (Lipinski definition) is 5. The molecule has 184 valence electrons. The standard InChI is InChI=1S/C28H33N3O3S/c1-17-8-13-20-22(14-17)35-25(29-20)18-9-11-19(12-10-18)30-23(32)15-21(26(30)34)31(28(5,6)7)24(33)16-27(2,3)4/h8-14,21H,15-16H2,1-7H3. The van der Waals surface area contributed by atoms with Crippen LogP contribution in [-0.2, 0) is 14.4 Å². The molecule has 2 aromatic carbocycles. The minimum absolute atomic E-state index is 0.00897. The SMILES string of the molecule is Cc1ccc2nc(-c3ccc(N4C(=O)CC(N(C(=O)CC(C)(C)C)C(C)(C)C)C4=O)cc3)sc2c1. The van der Waals surface area contributed by atoms with Crippen molar-refractivity contribution in [3.8, 4) is 10.6 Å². The number of aryl methyl sites for hydroxylation is 1. The lowest BCUT2D eigenvalue weighted by atomic mass is 9.89. The summed E-state index contributed by atoms with van der Waals surface area (Å²) >= 11 is 1.62. The van der Waals surface area contributed by atoms with Gasteiger partial charge in [-0.05, 0) is 75.1 Å². The van der Waals surface area contributed by atoms with Crippen LogP contribution >= 0.6 is 11.3 Å². The summed E-state index contributed by atoms with van der Waals surface area (Å²) in [5, 5.41) is 0.890. The van der Waals surface area contributed by atoms with Gasteiger partial charge in [-0.3, -0.25) is 14.4 Å². The number of carbonyl (C=O) groups is 3. The van der Waals surface area contributed by atoms with Gasteiger partial charge in [-0.1, -0.05) is 26.8 Å². The maximum Gasteiger partial charge on any atom is 0.257 e. The Morgan fingerprint density at radius 3 is 2.31 bits per heavy atom. The van der Waals surface area contributed by atoms with E-state index < -0.39 is 11.6 Å². The molecule has 4 rings (SSSR count). The van der Waals surface area contributed by atoms with Gasteiger partial charge in [0.2, 0.25) is 11.8 Å². The van der Waals surface area contributed by atoms with E-state index in [1.165, 1.54) is 10.5 Å². The number of hydrogen-bond donors (Lipinski definition) is 0. The van der Waals surface area contributed by atoms with Gasteiger partial charge in [-0.2, -0.15) is 0 Å². The number of benzene rings is 2. The molecule has 6 nitrogen and oxygen atoms in total. The van der Waals surface area contributed by atoms with Gasteiger partial charge in [-0.15, -0.1) is 11.3 Å². The lowest BCUT2D eigenvalue weighted by Gasteiger charge is -2.40. The molecule has 1 aliphatic rings. The highest BCUT2D eigenvalue weighted by Gasteiger charge is 2.47. The number of carbonyl (C=O) groups excluding carboxylic acids is 3. The van der Waals surface area contributed by atoms with Crippen LogP contribution in [0.4, 0.5) is 5.69 Å². The number of amides is 3. The summed E-state index contributed by atoms with van der Waals surface area (Å²) < 4.78 is 1.12. The number of rotatable bonds is 4. The van der Waals surface area contributed by atoms with Gasteiger partial charge >= 0.3 is 0 Å². The van der Waals surface area contributed by atoms with Gasteiger partial charge in [0.15, 0.2) is 0 Å². The summed E-state index contributed by atoms with van der Waals surface area (Å²) in [5.41, 5.74) is 2.78. The molecule has 0 N–H and O–H groups in total. The zero-order valence-electron chi connectivity index (χ0n) is 21.5. The van der Waals surface area contributed by atoms with E-state index in [9.17, 15) is 14.4 Å². The van der Waals surface area contributed by atoms with E-state index in [0.29, 0.717) is 12.1 Å². The van der Waals surface area contributed by atoms with Crippen LogP contribution in [0.2, 0.25) is 0 Å². The first-order chi connectivity index (χ1) is 16.2. The molecule has 0 bridgehead atoms. The number of anilines is 1. The third-order valence-electron chi connectivity index (χ3n) is 6.02. The summed E-state index contributed by atoms with van der Waals surface area (Å²) in [4.78, 5) is 47.2. The van der Waals surface area contributed by atoms with Crippen molar-refractivity contribution in [2.75, 3.05) is 4.90 Å². The summed E-state index contributed by atoms with van der Waals surface area (Å²) in [6, 6.07) is 12.7. The van der Waals surface area contributed by atoms with Crippen molar-refractivity contribution in [1.29, 1.82) is 0 Å². The third-order valence-corrected chi connectivity index (χ3v) is 7.09. The average Bonchev–Trinajstić information content (AvgIpc) is 3.26. The van der Waals surface area contributed by atoms with Crippen LogP contribution in [0, 0.1) is 12.3 Å². The molecule has 3 amide bonds. The van der Waals surface area contributed by atoms with Crippen LogP contribution < -0.4 is 4.90 Å². The quantitative estimate of drug-likeness (QED) is 0.422. The van der Waals surface area contributed by atoms with Crippen molar-refractivity contribution in [2.45, 2.75) is 72.9 Å². The zero-order valence-corrected chi connectivity index (χ0v) is 22.3. The van der Waals surface area contributed by atoms with E-state index >= 15 is 0 Å². The maximum absolute atomic E-state index is 13.5. The van der Waals surface area contributed by atoms with Gasteiger partial charge in [0.1, 0.15) is 11.0 Å².